The molecule has 1 fully saturated rings. The molecule has 1 aliphatic carbocycles. The van der Waals surface area contributed by atoms with E-state index in [1.807, 2.05) is 0 Å². The van der Waals surface area contributed by atoms with Crippen LogP contribution in [0.3, 0.4) is 0 Å². The molecule has 22 heavy (non-hydrogen) atoms. The fraction of sp³-hybridized carbons (Fsp3) is 0.688. The zero-order valence-corrected chi connectivity index (χ0v) is 16.7. The maximum Gasteiger partial charge on any atom is 0.191 e. The highest BCUT2D eigenvalue weighted by Gasteiger charge is 2.29. The average molecular weight is 437 g/mol. The maximum absolute atomic E-state index is 10.5. The summed E-state index contributed by atoms with van der Waals surface area (Å²) in [4.78, 5) is 5.92. The fourth-order valence-electron chi connectivity index (χ4n) is 2.69. The van der Waals surface area contributed by atoms with Gasteiger partial charge in [-0.05, 0) is 43.7 Å². The van der Waals surface area contributed by atoms with E-state index in [0.717, 1.165) is 38.2 Å². The summed E-state index contributed by atoms with van der Waals surface area (Å²) in [6, 6.07) is 2.13. The first kappa shape index (κ1) is 19.7. The molecule has 0 radical (unpaired) electrons. The molecule has 1 saturated carbocycles. The monoisotopic (exact) mass is 437 g/mol. The van der Waals surface area contributed by atoms with Gasteiger partial charge in [0, 0.05) is 18.0 Å². The Morgan fingerprint density at radius 2 is 2.05 bits per heavy atom. The Hall–Kier alpha value is -0.340. The van der Waals surface area contributed by atoms with Crippen molar-refractivity contribution >= 4 is 41.3 Å². The largest absolute Gasteiger partial charge is 0.388 e. The number of aliphatic imine (C=N–C) groups is 1. The van der Waals surface area contributed by atoms with Crippen LogP contribution < -0.4 is 10.6 Å². The van der Waals surface area contributed by atoms with Crippen molar-refractivity contribution in [2.45, 2.75) is 58.1 Å². The summed E-state index contributed by atoms with van der Waals surface area (Å²) in [6.07, 6.45) is 5.28. The molecule has 0 spiro atoms. The lowest BCUT2D eigenvalue weighted by atomic mass is 9.85. The van der Waals surface area contributed by atoms with Crippen molar-refractivity contribution in [2.24, 2.45) is 4.99 Å². The van der Waals surface area contributed by atoms with Crippen molar-refractivity contribution in [3.63, 3.8) is 0 Å². The maximum atomic E-state index is 10.5. The van der Waals surface area contributed by atoms with Gasteiger partial charge < -0.3 is 15.7 Å². The number of hydrogen-bond acceptors (Lipinski definition) is 3. The van der Waals surface area contributed by atoms with E-state index >= 15 is 0 Å². The SMILES string of the molecule is CCNC(=NCc1sccc1C)NCC1(O)CCCCC1.I. The standard InChI is InChI=1S/C16H27N3OS.HI/c1-3-17-15(18-11-14-13(2)7-10-21-14)19-12-16(20)8-5-4-6-9-16;/h7,10,20H,3-6,8-9,11-12H2,1-2H3,(H2,17,18,19);1H. The quantitative estimate of drug-likeness (QED) is 0.376. The lowest BCUT2D eigenvalue weighted by molar-refractivity contribution is 0.00859. The van der Waals surface area contributed by atoms with Gasteiger partial charge in [0.2, 0.25) is 0 Å². The Labute approximate surface area is 154 Å². The first-order valence-corrected chi connectivity index (χ1v) is 8.78. The Morgan fingerprint density at radius 3 is 2.64 bits per heavy atom. The number of nitrogens with zero attached hydrogens (tertiary/aromatic N) is 1. The number of aryl methyl sites for hydroxylation is 1. The van der Waals surface area contributed by atoms with E-state index in [4.69, 9.17) is 0 Å². The molecule has 4 nitrogen and oxygen atoms in total. The topological polar surface area (TPSA) is 56.7 Å². The highest BCUT2D eigenvalue weighted by molar-refractivity contribution is 14.0. The van der Waals surface area contributed by atoms with Crippen LogP contribution in [0.2, 0.25) is 0 Å². The zero-order chi connectivity index (χ0) is 15.1. The van der Waals surface area contributed by atoms with Gasteiger partial charge in [0.05, 0.1) is 12.1 Å². The molecule has 3 N–H and O–H groups in total. The summed E-state index contributed by atoms with van der Waals surface area (Å²) >= 11 is 1.74. The number of guanidine groups is 1. The molecule has 1 heterocycles. The average Bonchev–Trinajstić information content (AvgIpc) is 2.88. The van der Waals surface area contributed by atoms with Crippen LogP contribution in [0, 0.1) is 6.92 Å². The zero-order valence-electron chi connectivity index (χ0n) is 13.5. The van der Waals surface area contributed by atoms with Gasteiger partial charge in [0.15, 0.2) is 5.96 Å². The molecule has 0 unspecified atom stereocenters. The molecule has 6 heteroatoms. The Balaban J connectivity index is 0.00000242. The van der Waals surface area contributed by atoms with E-state index in [2.05, 4.69) is 40.9 Å². The van der Waals surface area contributed by atoms with E-state index in [-0.39, 0.29) is 24.0 Å². The van der Waals surface area contributed by atoms with Gasteiger partial charge in [-0.15, -0.1) is 35.3 Å². The molecule has 1 aromatic rings. The first-order valence-electron chi connectivity index (χ1n) is 7.90. The summed E-state index contributed by atoms with van der Waals surface area (Å²) in [5.41, 5.74) is 0.735. The molecule has 1 aromatic heterocycles. The number of halogens is 1. The van der Waals surface area contributed by atoms with Crippen LogP contribution in [0.15, 0.2) is 16.4 Å². The van der Waals surface area contributed by atoms with Crippen LogP contribution in [0.25, 0.3) is 0 Å². The molecule has 126 valence electrons. The molecule has 0 aromatic carbocycles. The summed E-state index contributed by atoms with van der Waals surface area (Å²) < 4.78 is 0. The second kappa shape index (κ2) is 9.72. The second-order valence-corrected chi connectivity index (χ2v) is 6.86. The van der Waals surface area contributed by atoms with Crippen molar-refractivity contribution in [2.75, 3.05) is 13.1 Å². The summed E-state index contributed by atoms with van der Waals surface area (Å²) in [7, 11) is 0. The number of rotatable bonds is 5. The van der Waals surface area contributed by atoms with Gasteiger partial charge in [-0.3, -0.25) is 0 Å². The normalized spacial score (nSPS) is 17.7. The van der Waals surface area contributed by atoms with E-state index in [0.29, 0.717) is 13.1 Å². The van der Waals surface area contributed by atoms with E-state index in [1.54, 1.807) is 11.3 Å². The predicted octanol–water partition coefficient (Wildman–Crippen LogP) is 3.42. The molecule has 2 rings (SSSR count). The lowest BCUT2D eigenvalue weighted by Crippen LogP contribution is -2.48. The van der Waals surface area contributed by atoms with Gasteiger partial charge in [0.25, 0.3) is 0 Å². The molecule has 0 amide bonds. The number of thiophene rings is 1. The van der Waals surface area contributed by atoms with Crippen molar-refractivity contribution in [1.29, 1.82) is 0 Å². The highest BCUT2D eigenvalue weighted by Crippen LogP contribution is 2.27. The summed E-state index contributed by atoms with van der Waals surface area (Å²) in [5.74, 6) is 0.796. The third-order valence-electron chi connectivity index (χ3n) is 4.06. The Bertz CT molecular complexity index is 470. The molecule has 0 aliphatic heterocycles. The van der Waals surface area contributed by atoms with Crippen LogP contribution in [0.1, 0.15) is 49.5 Å². The molecule has 0 saturated heterocycles. The number of nitrogens with one attached hydrogen (secondary N) is 2. The van der Waals surface area contributed by atoms with Crippen molar-refractivity contribution < 1.29 is 5.11 Å². The van der Waals surface area contributed by atoms with Gasteiger partial charge in [-0.25, -0.2) is 4.99 Å². The van der Waals surface area contributed by atoms with Gasteiger partial charge in [0.1, 0.15) is 0 Å². The van der Waals surface area contributed by atoms with Crippen LogP contribution in [-0.2, 0) is 6.54 Å². The van der Waals surface area contributed by atoms with Crippen molar-refractivity contribution in [1.82, 2.24) is 10.6 Å². The predicted molar refractivity (Wildman–Crippen MR) is 105 cm³/mol. The van der Waals surface area contributed by atoms with Gasteiger partial charge >= 0.3 is 0 Å². The lowest BCUT2D eigenvalue weighted by Gasteiger charge is -2.32. The van der Waals surface area contributed by atoms with E-state index in [1.165, 1.54) is 16.9 Å². The molecule has 1 aliphatic rings. The van der Waals surface area contributed by atoms with Crippen LogP contribution in [-0.4, -0.2) is 29.8 Å². The molecular formula is C16H28IN3OS. The van der Waals surface area contributed by atoms with Crippen LogP contribution in [0.4, 0.5) is 0 Å². The third kappa shape index (κ3) is 6.04. The second-order valence-electron chi connectivity index (χ2n) is 5.86. The molecule has 0 atom stereocenters. The summed E-state index contributed by atoms with van der Waals surface area (Å²) in [5, 5.41) is 19.2. The fourth-order valence-corrected chi connectivity index (χ4v) is 3.52. The van der Waals surface area contributed by atoms with Crippen LogP contribution in [0.5, 0.6) is 0 Å². The molecular weight excluding hydrogens is 409 g/mol. The van der Waals surface area contributed by atoms with E-state index < -0.39 is 5.60 Å². The minimum atomic E-state index is -0.562. The van der Waals surface area contributed by atoms with Gasteiger partial charge in [-0.2, -0.15) is 0 Å². The Morgan fingerprint density at radius 1 is 1.32 bits per heavy atom. The van der Waals surface area contributed by atoms with Crippen LogP contribution >= 0.6 is 35.3 Å². The Kier molecular flexibility index (Phi) is 8.71. The van der Waals surface area contributed by atoms with E-state index in [9.17, 15) is 5.11 Å². The van der Waals surface area contributed by atoms with Crippen molar-refractivity contribution in [3.8, 4) is 0 Å². The highest BCUT2D eigenvalue weighted by atomic mass is 127. The third-order valence-corrected chi connectivity index (χ3v) is 5.07. The van der Waals surface area contributed by atoms with Gasteiger partial charge in [-0.1, -0.05) is 19.3 Å². The van der Waals surface area contributed by atoms with Crippen molar-refractivity contribution in [3.05, 3.63) is 21.9 Å². The number of hydrogen-bond donors (Lipinski definition) is 3. The minimum absolute atomic E-state index is 0. The smallest absolute Gasteiger partial charge is 0.191 e. The summed E-state index contributed by atoms with van der Waals surface area (Å²) in [6.45, 7) is 6.28. The first-order chi connectivity index (χ1) is 10.1. The number of aliphatic hydroxyl groups is 1. The molecule has 0 bridgehead atoms. The minimum Gasteiger partial charge on any atom is -0.388 e.